The number of morpholine rings is 1. The van der Waals surface area contributed by atoms with Crippen molar-refractivity contribution in [2.45, 2.75) is 56.3 Å². The average Bonchev–Trinajstić information content (AvgIpc) is 3.74. The van der Waals surface area contributed by atoms with Gasteiger partial charge in [0.2, 0.25) is 5.91 Å². The van der Waals surface area contributed by atoms with Crippen LogP contribution in [0.2, 0.25) is 5.02 Å². The summed E-state index contributed by atoms with van der Waals surface area (Å²) >= 11 is 8.00. The van der Waals surface area contributed by atoms with E-state index in [1.807, 2.05) is 36.3 Å². The van der Waals surface area contributed by atoms with Crippen molar-refractivity contribution >= 4 is 51.1 Å². The molecular formula is C33H33ClFN5O2S. The van der Waals surface area contributed by atoms with Gasteiger partial charge in [0.25, 0.3) is 0 Å². The van der Waals surface area contributed by atoms with Crippen LogP contribution in [0.1, 0.15) is 48.7 Å². The third-order valence-electron chi connectivity index (χ3n) is 9.63. The van der Waals surface area contributed by atoms with E-state index in [1.165, 1.54) is 11.8 Å². The number of aromatic nitrogens is 2. The Morgan fingerprint density at radius 1 is 1.33 bits per heavy atom. The van der Waals surface area contributed by atoms with Gasteiger partial charge in [-0.2, -0.15) is 5.26 Å². The van der Waals surface area contributed by atoms with Crippen LogP contribution in [-0.4, -0.2) is 59.0 Å². The molecule has 43 heavy (non-hydrogen) atoms. The van der Waals surface area contributed by atoms with Gasteiger partial charge in [0.15, 0.2) is 5.82 Å². The molecule has 1 amide bonds. The maximum absolute atomic E-state index is 17.0. The summed E-state index contributed by atoms with van der Waals surface area (Å²) in [4.78, 5) is 19.8. The number of pyridine rings is 1. The number of carbonyl (C=O) groups excluding carboxylic acids is 1. The van der Waals surface area contributed by atoms with Crippen molar-refractivity contribution in [1.82, 2.24) is 19.8 Å². The zero-order chi connectivity index (χ0) is 30.0. The summed E-state index contributed by atoms with van der Waals surface area (Å²) < 4.78 is 24.8. The summed E-state index contributed by atoms with van der Waals surface area (Å²) in [5.41, 5.74) is 5.02. The second-order valence-corrected chi connectivity index (χ2v) is 13.0. The normalized spacial score (nSPS) is 22.3. The summed E-state index contributed by atoms with van der Waals surface area (Å²) in [5.74, 6) is 0.0438. The molecule has 2 aromatic carbocycles. The quantitative estimate of drug-likeness (QED) is 0.236. The van der Waals surface area contributed by atoms with Crippen molar-refractivity contribution in [2.75, 3.05) is 32.6 Å². The molecule has 4 fully saturated rings. The number of nitriles is 1. The highest BCUT2D eigenvalue weighted by atomic mass is 35.5. The number of aryl methyl sites for hydroxylation is 1. The summed E-state index contributed by atoms with van der Waals surface area (Å²) in [5, 5.41) is 16.2. The SMILES string of the molecule is CSc1nc2c(F)c(-c3cccc(Cl)c3C)c(CCC#N)cc2c2c1cc([C@@H](C)N1CCOCC1=O)n2[C@H]1[C@H]2CN[C@@H]1C2. The molecule has 222 valence electrons. The first-order chi connectivity index (χ1) is 20.8. The van der Waals surface area contributed by atoms with E-state index in [1.54, 1.807) is 6.07 Å². The van der Waals surface area contributed by atoms with Gasteiger partial charge in [0.05, 0.1) is 30.3 Å². The van der Waals surface area contributed by atoms with Crippen LogP contribution in [0, 0.1) is 30.0 Å². The molecule has 1 saturated carbocycles. The molecule has 4 aromatic rings. The number of amides is 1. The molecule has 0 spiro atoms. The third-order valence-corrected chi connectivity index (χ3v) is 10.7. The van der Waals surface area contributed by atoms with Crippen LogP contribution in [-0.2, 0) is 16.0 Å². The maximum Gasteiger partial charge on any atom is 0.249 e. The second kappa shape index (κ2) is 11.1. The molecule has 3 saturated heterocycles. The lowest BCUT2D eigenvalue weighted by Gasteiger charge is -2.40. The predicted octanol–water partition coefficient (Wildman–Crippen LogP) is 6.59. The minimum atomic E-state index is -0.395. The van der Waals surface area contributed by atoms with Crippen molar-refractivity contribution in [3.63, 3.8) is 0 Å². The Kier molecular flexibility index (Phi) is 7.37. The minimum absolute atomic E-state index is 0.0234. The lowest BCUT2D eigenvalue weighted by atomic mass is 9.79. The van der Waals surface area contributed by atoms with Crippen LogP contribution >= 0.6 is 23.4 Å². The first kappa shape index (κ1) is 28.6. The van der Waals surface area contributed by atoms with Crippen LogP contribution in [0.4, 0.5) is 4.39 Å². The zero-order valence-corrected chi connectivity index (χ0v) is 26.0. The van der Waals surface area contributed by atoms with Crippen molar-refractivity contribution in [2.24, 2.45) is 5.92 Å². The van der Waals surface area contributed by atoms with Gasteiger partial charge in [-0.1, -0.05) is 23.7 Å². The zero-order valence-electron chi connectivity index (χ0n) is 24.4. The van der Waals surface area contributed by atoms with Crippen LogP contribution in [0.25, 0.3) is 32.9 Å². The van der Waals surface area contributed by atoms with Gasteiger partial charge in [-0.15, -0.1) is 11.8 Å². The molecule has 5 heterocycles. The van der Waals surface area contributed by atoms with Gasteiger partial charge in [-0.3, -0.25) is 4.79 Å². The molecule has 10 heteroatoms. The minimum Gasteiger partial charge on any atom is -0.370 e. The van der Waals surface area contributed by atoms with Crippen molar-refractivity contribution < 1.29 is 13.9 Å². The summed E-state index contributed by atoms with van der Waals surface area (Å²) in [6.07, 6.45) is 3.73. The van der Waals surface area contributed by atoms with Crippen LogP contribution in [0.15, 0.2) is 35.4 Å². The lowest BCUT2D eigenvalue weighted by molar-refractivity contribution is -0.145. The maximum atomic E-state index is 17.0. The number of thioether (sulfide) groups is 1. The van der Waals surface area contributed by atoms with Crippen molar-refractivity contribution in [3.05, 3.63) is 58.0 Å². The number of hydrogen-bond acceptors (Lipinski definition) is 6. The van der Waals surface area contributed by atoms with Crippen molar-refractivity contribution in [3.8, 4) is 17.2 Å². The first-order valence-corrected chi connectivity index (χ1v) is 16.4. The van der Waals surface area contributed by atoms with E-state index in [-0.39, 0.29) is 31.0 Å². The van der Waals surface area contributed by atoms with Crippen LogP contribution < -0.4 is 5.32 Å². The lowest BCUT2D eigenvalue weighted by Crippen LogP contribution is -2.45. The second-order valence-electron chi connectivity index (χ2n) is 11.8. The summed E-state index contributed by atoms with van der Waals surface area (Å²) in [6, 6.07) is 12.3. The highest BCUT2D eigenvalue weighted by Crippen LogP contribution is 2.50. The molecule has 1 aliphatic carbocycles. The number of fused-ring (bicyclic) bond motifs is 4. The predicted molar refractivity (Wildman–Crippen MR) is 168 cm³/mol. The fourth-order valence-corrected chi connectivity index (χ4v) is 8.15. The van der Waals surface area contributed by atoms with E-state index in [0.717, 1.165) is 51.1 Å². The van der Waals surface area contributed by atoms with Gasteiger partial charge in [-0.05, 0) is 73.8 Å². The van der Waals surface area contributed by atoms with E-state index >= 15 is 4.39 Å². The number of halogens is 2. The van der Waals surface area contributed by atoms with Gasteiger partial charge in [0.1, 0.15) is 17.1 Å². The molecule has 0 unspecified atom stereocenters. The Balaban J connectivity index is 1.55. The number of nitrogens with one attached hydrogen (secondary N) is 1. The first-order valence-electron chi connectivity index (χ1n) is 14.8. The summed E-state index contributed by atoms with van der Waals surface area (Å²) in [7, 11) is 0. The van der Waals surface area contributed by atoms with E-state index in [0.29, 0.717) is 53.2 Å². The smallest absolute Gasteiger partial charge is 0.249 e. The number of hydrogen-bond donors (Lipinski definition) is 1. The molecule has 0 radical (unpaired) electrons. The van der Waals surface area contributed by atoms with E-state index < -0.39 is 5.82 Å². The Hall–Kier alpha value is -3.16. The van der Waals surface area contributed by atoms with Crippen molar-refractivity contribution in [1.29, 1.82) is 5.26 Å². The van der Waals surface area contributed by atoms with Crippen LogP contribution in [0.5, 0.6) is 0 Å². The Bertz CT molecular complexity index is 1820. The molecule has 4 atom stereocenters. The number of benzene rings is 2. The number of nitrogens with zero attached hydrogens (tertiary/aromatic N) is 4. The number of ether oxygens (including phenoxy) is 1. The van der Waals surface area contributed by atoms with Gasteiger partial charge in [-0.25, -0.2) is 9.37 Å². The summed E-state index contributed by atoms with van der Waals surface area (Å²) in [6.45, 7) is 6.03. The molecule has 1 N–H and O–H groups in total. The molecule has 2 bridgehead atoms. The average molecular weight is 618 g/mol. The molecule has 4 aliphatic rings. The third kappa shape index (κ3) is 4.45. The molecule has 7 nitrogen and oxygen atoms in total. The number of rotatable bonds is 7. The van der Waals surface area contributed by atoms with E-state index in [4.69, 9.17) is 21.3 Å². The number of carbonyl (C=O) groups is 1. The molecule has 8 rings (SSSR count). The Morgan fingerprint density at radius 2 is 2.16 bits per heavy atom. The molecular weight excluding hydrogens is 585 g/mol. The largest absolute Gasteiger partial charge is 0.370 e. The fourth-order valence-electron chi connectivity index (χ4n) is 7.42. The van der Waals surface area contributed by atoms with E-state index in [9.17, 15) is 10.1 Å². The highest BCUT2D eigenvalue weighted by molar-refractivity contribution is 7.98. The fraction of sp³-hybridized carbons (Fsp3) is 0.424. The monoisotopic (exact) mass is 617 g/mol. The molecule has 3 aliphatic heterocycles. The Morgan fingerprint density at radius 3 is 2.86 bits per heavy atom. The van der Waals surface area contributed by atoms with Gasteiger partial charge < -0.3 is 19.5 Å². The van der Waals surface area contributed by atoms with Crippen LogP contribution in [0.3, 0.4) is 0 Å². The molecule has 2 aromatic heterocycles. The standard InChI is InChI=1S/C33H33ClFN5O2S/c1-17-21(7-4-8-24(17)34)28-19(6-5-9-36)12-22-30(29(28)35)38-33(43-3)23-14-26(18(2)39-10-11-42-16-27(39)41)40(32(22)23)31-20-13-25(31)37-15-20/h4,7-8,12,14,18,20,25,31,37H,5-6,10-11,13,15-16H2,1-3H3/t18-,20-,25-,31+/m1/s1. The van der Waals surface area contributed by atoms with E-state index in [2.05, 4.69) is 28.9 Å². The topological polar surface area (TPSA) is 83.2 Å². The highest BCUT2D eigenvalue weighted by Gasteiger charge is 2.49. The Labute approximate surface area is 259 Å². The van der Waals surface area contributed by atoms with Gasteiger partial charge >= 0.3 is 0 Å². The van der Waals surface area contributed by atoms with Gasteiger partial charge in [0, 0.05) is 52.6 Å².